The third kappa shape index (κ3) is 4.58. The molecule has 25 heavy (non-hydrogen) atoms. The standard InChI is InChI=1S/C22H26N2O/c1-18-7-3-5-9-20(18)11-12-22(25)24-15-13-23(14-16-24)17-21-10-6-4-8-19(21)2/h3-12H,13-17H2,1-2H3/b12-11+. The first-order chi connectivity index (χ1) is 12.1. The molecule has 0 atom stereocenters. The molecule has 3 heteroatoms. The predicted molar refractivity (Wildman–Crippen MR) is 103 cm³/mol. The van der Waals surface area contributed by atoms with Gasteiger partial charge in [-0.1, -0.05) is 48.5 Å². The smallest absolute Gasteiger partial charge is 0.246 e. The van der Waals surface area contributed by atoms with E-state index in [2.05, 4.69) is 49.1 Å². The molecule has 1 fully saturated rings. The molecule has 3 nitrogen and oxygen atoms in total. The van der Waals surface area contributed by atoms with Gasteiger partial charge in [0.15, 0.2) is 0 Å². The van der Waals surface area contributed by atoms with Crippen LogP contribution in [0.1, 0.15) is 22.3 Å². The lowest BCUT2D eigenvalue weighted by molar-refractivity contribution is -0.127. The summed E-state index contributed by atoms with van der Waals surface area (Å²) in [6.45, 7) is 8.63. The summed E-state index contributed by atoms with van der Waals surface area (Å²) in [4.78, 5) is 16.8. The van der Waals surface area contributed by atoms with Crippen LogP contribution in [0.15, 0.2) is 54.6 Å². The minimum atomic E-state index is 0.110. The van der Waals surface area contributed by atoms with Crippen LogP contribution >= 0.6 is 0 Å². The van der Waals surface area contributed by atoms with Gasteiger partial charge in [-0.3, -0.25) is 9.69 Å². The number of hydrogen-bond acceptors (Lipinski definition) is 2. The molecule has 0 aromatic heterocycles. The van der Waals surface area contributed by atoms with E-state index in [9.17, 15) is 4.79 Å². The number of nitrogens with zero attached hydrogens (tertiary/aromatic N) is 2. The van der Waals surface area contributed by atoms with Crippen LogP contribution in [0.25, 0.3) is 6.08 Å². The molecule has 2 aromatic rings. The van der Waals surface area contributed by atoms with Gasteiger partial charge >= 0.3 is 0 Å². The van der Waals surface area contributed by atoms with Crippen molar-refractivity contribution < 1.29 is 4.79 Å². The van der Waals surface area contributed by atoms with Crippen LogP contribution in [0, 0.1) is 13.8 Å². The van der Waals surface area contributed by atoms with Crippen molar-refractivity contribution in [3.8, 4) is 0 Å². The summed E-state index contributed by atoms with van der Waals surface area (Å²) in [5.41, 5.74) is 5.01. The first-order valence-corrected chi connectivity index (χ1v) is 8.93. The zero-order valence-corrected chi connectivity index (χ0v) is 15.1. The van der Waals surface area contributed by atoms with Crippen molar-refractivity contribution in [1.29, 1.82) is 0 Å². The van der Waals surface area contributed by atoms with Crippen molar-refractivity contribution in [2.45, 2.75) is 20.4 Å². The molecule has 0 radical (unpaired) electrons. The van der Waals surface area contributed by atoms with Gasteiger partial charge in [-0.15, -0.1) is 0 Å². The Morgan fingerprint density at radius 3 is 2.24 bits per heavy atom. The van der Waals surface area contributed by atoms with Crippen molar-refractivity contribution in [1.82, 2.24) is 9.80 Å². The second-order valence-electron chi connectivity index (χ2n) is 6.72. The number of carbonyl (C=O) groups excluding carboxylic acids is 1. The van der Waals surface area contributed by atoms with Crippen molar-refractivity contribution in [3.05, 3.63) is 76.9 Å². The van der Waals surface area contributed by atoms with Gasteiger partial charge in [0, 0.05) is 38.8 Å². The molecule has 0 saturated carbocycles. The maximum absolute atomic E-state index is 12.4. The van der Waals surface area contributed by atoms with Gasteiger partial charge in [-0.25, -0.2) is 0 Å². The van der Waals surface area contributed by atoms with Crippen molar-refractivity contribution in [3.63, 3.8) is 0 Å². The summed E-state index contributed by atoms with van der Waals surface area (Å²) in [5.74, 6) is 0.110. The molecular formula is C22H26N2O. The lowest BCUT2D eigenvalue weighted by Crippen LogP contribution is -2.47. The third-order valence-corrected chi connectivity index (χ3v) is 4.93. The number of rotatable bonds is 4. The first kappa shape index (κ1) is 17.4. The molecule has 0 spiro atoms. The van der Waals surface area contributed by atoms with E-state index in [1.807, 2.05) is 29.2 Å². The fourth-order valence-corrected chi connectivity index (χ4v) is 3.20. The number of benzene rings is 2. The summed E-state index contributed by atoms with van der Waals surface area (Å²) in [6.07, 6.45) is 3.64. The van der Waals surface area contributed by atoms with E-state index in [0.717, 1.165) is 38.3 Å². The van der Waals surface area contributed by atoms with Crippen LogP contribution in [0.5, 0.6) is 0 Å². The van der Waals surface area contributed by atoms with E-state index in [1.54, 1.807) is 6.08 Å². The van der Waals surface area contributed by atoms with Gasteiger partial charge in [-0.2, -0.15) is 0 Å². The Hall–Kier alpha value is -2.39. The number of amides is 1. The average Bonchev–Trinajstić information content (AvgIpc) is 2.63. The van der Waals surface area contributed by atoms with Crippen molar-refractivity contribution in [2.24, 2.45) is 0 Å². The number of hydrogen-bond donors (Lipinski definition) is 0. The van der Waals surface area contributed by atoms with Crippen LogP contribution in [0.4, 0.5) is 0 Å². The van der Waals surface area contributed by atoms with Crippen LogP contribution in [-0.2, 0) is 11.3 Å². The number of piperazine rings is 1. The van der Waals surface area contributed by atoms with Crippen LogP contribution < -0.4 is 0 Å². The molecule has 130 valence electrons. The highest BCUT2D eigenvalue weighted by atomic mass is 16.2. The molecule has 3 rings (SSSR count). The molecule has 1 saturated heterocycles. The summed E-state index contributed by atoms with van der Waals surface area (Å²) < 4.78 is 0. The van der Waals surface area contributed by atoms with Gasteiger partial charge in [0.1, 0.15) is 0 Å². The maximum atomic E-state index is 12.4. The summed E-state index contributed by atoms with van der Waals surface area (Å²) in [7, 11) is 0. The molecule has 1 amide bonds. The first-order valence-electron chi connectivity index (χ1n) is 8.93. The molecule has 0 aliphatic carbocycles. The summed E-state index contributed by atoms with van der Waals surface area (Å²) in [6, 6.07) is 16.6. The predicted octanol–water partition coefficient (Wildman–Crippen LogP) is 3.66. The SMILES string of the molecule is Cc1ccccc1/C=C/C(=O)N1CCN(Cc2ccccc2C)CC1. The third-order valence-electron chi connectivity index (χ3n) is 4.93. The fourth-order valence-electron chi connectivity index (χ4n) is 3.20. The van der Waals surface area contributed by atoms with E-state index in [4.69, 9.17) is 0 Å². The molecule has 2 aromatic carbocycles. The van der Waals surface area contributed by atoms with E-state index in [-0.39, 0.29) is 5.91 Å². The Kier molecular flexibility index (Phi) is 5.67. The molecule has 1 aliphatic heterocycles. The van der Waals surface area contributed by atoms with Crippen LogP contribution in [-0.4, -0.2) is 41.9 Å². The number of aryl methyl sites for hydroxylation is 2. The number of carbonyl (C=O) groups is 1. The highest BCUT2D eigenvalue weighted by molar-refractivity contribution is 5.92. The molecule has 0 bridgehead atoms. The topological polar surface area (TPSA) is 23.6 Å². The highest BCUT2D eigenvalue weighted by Crippen LogP contribution is 2.13. The van der Waals surface area contributed by atoms with Gasteiger partial charge < -0.3 is 4.90 Å². The lowest BCUT2D eigenvalue weighted by atomic mass is 10.1. The largest absolute Gasteiger partial charge is 0.337 e. The van der Waals surface area contributed by atoms with Gasteiger partial charge in [-0.05, 0) is 42.2 Å². The Balaban J connectivity index is 1.53. The van der Waals surface area contributed by atoms with E-state index in [0.29, 0.717) is 0 Å². The second-order valence-corrected chi connectivity index (χ2v) is 6.72. The lowest BCUT2D eigenvalue weighted by Gasteiger charge is -2.34. The van der Waals surface area contributed by atoms with Gasteiger partial charge in [0.25, 0.3) is 0 Å². The molecule has 1 heterocycles. The summed E-state index contributed by atoms with van der Waals surface area (Å²) in [5, 5.41) is 0. The average molecular weight is 334 g/mol. The Morgan fingerprint density at radius 2 is 1.56 bits per heavy atom. The second kappa shape index (κ2) is 8.13. The minimum absolute atomic E-state index is 0.110. The van der Waals surface area contributed by atoms with E-state index in [1.165, 1.54) is 16.7 Å². The van der Waals surface area contributed by atoms with E-state index >= 15 is 0 Å². The monoisotopic (exact) mass is 334 g/mol. The van der Waals surface area contributed by atoms with E-state index < -0.39 is 0 Å². The van der Waals surface area contributed by atoms with Gasteiger partial charge in [0.2, 0.25) is 5.91 Å². The molecule has 0 unspecified atom stereocenters. The fraction of sp³-hybridized carbons (Fsp3) is 0.318. The zero-order chi connectivity index (χ0) is 17.6. The Labute approximate surface area is 150 Å². The molecule has 1 aliphatic rings. The summed E-state index contributed by atoms with van der Waals surface area (Å²) >= 11 is 0. The molecule has 0 N–H and O–H groups in total. The maximum Gasteiger partial charge on any atom is 0.246 e. The normalized spacial score (nSPS) is 15.7. The zero-order valence-electron chi connectivity index (χ0n) is 15.1. The van der Waals surface area contributed by atoms with Crippen molar-refractivity contribution in [2.75, 3.05) is 26.2 Å². The van der Waals surface area contributed by atoms with Gasteiger partial charge in [0.05, 0.1) is 0 Å². The van der Waals surface area contributed by atoms with Crippen LogP contribution in [0.2, 0.25) is 0 Å². The minimum Gasteiger partial charge on any atom is -0.337 e. The highest BCUT2D eigenvalue weighted by Gasteiger charge is 2.19. The van der Waals surface area contributed by atoms with Crippen molar-refractivity contribution >= 4 is 12.0 Å². The molecular weight excluding hydrogens is 308 g/mol. The Bertz CT molecular complexity index is 758. The quantitative estimate of drug-likeness (QED) is 0.797. The Morgan fingerprint density at radius 1 is 0.920 bits per heavy atom. The van der Waals surface area contributed by atoms with Crippen LogP contribution in [0.3, 0.4) is 0 Å².